The molecule has 8 N–H and O–H groups in total. The summed E-state index contributed by atoms with van der Waals surface area (Å²) in [7, 11) is 0. The highest BCUT2D eigenvalue weighted by Crippen LogP contribution is 2.15. The number of benzene rings is 1. The fourth-order valence-electron chi connectivity index (χ4n) is 4.50. The number of nitrogens with zero attached hydrogens (tertiary/aromatic N) is 1. The molecule has 4 amide bonds. The minimum Gasteiger partial charge on any atom is -0.480 e. The molecular weight excluding hydrogens is 588 g/mol. The van der Waals surface area contributed by atoms with Gasteiger partial charge < -0.3 is 37.2 Å². The number of nitro benzene ring substituents is 1. The lowest BCUT2D eigenvalue weighted by Crippen LogP contribution is -2.59. The van der Waals surface area contributed by atoms with E-state index >= 15 is 0 Å². The van der Waals surface area contributed by atoms with Crippen LogP contribution in [0.5, 0.6) is 0 Å². The number of carbonyl (C=O) groups excluding carboxylic acids is 4. The number of nitrogens with two attached hydrogens (primary N) is 1. The summed E-state index contributed by atoms with van der Waals surface area (Å²) in [6.07, 6.45) is 0.468. The molecule has 0 spiro atoms. The molecular formula is C30H48N6O9. The lowest BCUT2D eigenvalue weighted by Gasteiger charge is -2.27. The van der Waals surface area contributed by atoms with E-state index in [0.717, 1.165) is 0 Å². The molecule has 5 atom stereocenters. The summed E-state index contributed by atoms with van der Waals surface area (Å²) in [5.41, 5.74) is 6.14. The van der Waals surface area contributed by atoms with Crippen molar-refractivity contribution in [3.8, 4) is 0 Å². The second-order valence-corrected chi connectivity index (χ2v) is 12.4. The number of aliphatic hydroxyl groups is 1. The van der Waals surface area contributed by atoms with Crippen molar-refractivity contribution in [1.82, 2.24) is 21.3 Å². The Labute approximate surface area is 263 Å². The molecule has 15 heteroatoms. The predicted molar refractivity (Wildman–Crippen MR) is 166 cm³/mol. The Morgan fingerprint density at radius 2 is 1.13 bits per heavy atom. The first-order valence-corrected chi connectivity index (χ1v) is 15.0. The van der Waals surface area contributed by atoms with Crippen molar-refractivity contribution in [3.05, 3.63) is 39.9 Å². The maximum Gasteiger partial charge on any atom is 0.326 e. The fraction of sp³-hybridized carbons (Fsp3) is 0.633. The first-order chi connectivity index (χ1) is 20.9. The number of hydrogen-bond donors (Lipinski definition) is 7. The maximum atomic E-state index is 13.6. The molecule has 1 rings (SSSR count). The molecule has 0 radical (unpaired) electrons. The van der Waals surface area contributed by atoms with Crippen molar-refractivity contribution < 1.29 is 39.1 Å². The Bertz CT molecular complexity index is 1170. The number of non-ortho nitro benzene ring substituents is 1. The van der Waals surface area contributed by atoms with E-state index in [4.69, 9.17) is 5.73 Å². The van der Waals surface area contributed by atoms with E-state index in [0.29, 0.717) is 12.0 Å². The van der Waals surface area contributed by atoms with Crippen LogP contribution >= 0.6 is 0 Å². The van der Waals surface area contributed by atoms with Crippen LogP contribution < -0.4 is 27.0 Å². The third-order valence-corrected chi connectivity index (χ3v) is 6.76. The van der Waals surface area contributed by atoms with Crippen LogP contribution in [0.4, 0.5) is 5.69 Å². The topological polar surface area (TPSA) is 243 Å². The highest BCUT2D eigenvalue weighted by Gasteiger charge is 2.32. The second kappa shape index (κ2) is 18.6. The second-order valence-electron chi connectivity index (χ2n) is 12.4. The molecule has 0 aliphatic carbocycles. The molecule has 15 nitrogen and oxygen atoms in total. The van der Waals surface area contributed by atoms with Gasteiger partial charge in [0.1, 0.15) is 24.2 Å². The molecule has 0 saturated carbocycles. The maximum absolute atomic E-state index is 13.6. The molecule has 252 valence electrons. The number of nitro groups is 1. The SMILES string of the molecule is CC(C)C[C@H](NC(=O)[C@H](CC(C)C)NC(=O)[C@H](Cc1ccc([N+](=O)[O-])cc1)NC(=O)[C@H](CO)NC(=O)[C@@H](N)CC(C)C)C(=O)O. The Hall–Kier alpha value is -4.11. The van der Waals surface area contributed by atoms with Crippen LogP contribution in [-0.2, 0) is 30.4 Å². The molecule has 0 unspecified atom stereocenters. The molecule has 0 saturated heterocycles. The number of hydrogen-bond acceptors (Lipinski definition) is 9. The van der Waals surface area contributed by atoms with Gasteiger partial charge in [0.05, 0.1) is 17.6 Å². The summed E-state index contributed by atoms with van der Waals surface area (Å²) < 4.78 is 0. The molecule has 0 fully saturated rings. The minimum atomic E-state index is -1.45. The zero-order chi connectivity index (χ0) is 34.4. The van der Waals surface area contributed by atoms with E-state index in [9.17, 15) is 44.3 Å². The predicted octanol–water partition coefficient (Wildman–Crippen LogP) is 0.619. The number of aliphatic hydroxyl groups excluding tert-OH is 1. The third kappa shape index (κ3) is 14.0. The van der Waals surface area contributed by atoms with E-state index in [1.165, 1.54) is 24.3 Å². The van der Waals surface area contributed by atoms with Crippen LogP contribution in [0.2, 0.25) is 0 Å². The largest absolute Gasteiger partial charge is 0.480 e. The van der Waals surface area contributed by atoms with Gasteiger partial charge in [-0.1, -0.05) is 53.7 Å². The van der Waals surface area contributed by atoms with Crippen molar-refractivity contribution in [3.63, 3.8) is 0 Å². The fourth-order valence-corrected chi connectivity index (χ4v) is 4.50. The summed E-state index contributed by atoms with van der Waals surface area (Å²) in [5, 5.41) is 40.5. The zero-order valence-corrected chi connectivity index (χ0v) is 26.7. The van der Waals surface area contributed by atoms with Gasteiger partial charge in [0.15, 0.2) is 0 Å². The lowest BCUT2D eigenvalue weighted by molar-refractivity contribution is -0.384. The quantitative estimate of drug-likeness (QED) is 0.0824. The number of amides is 4. The Morgan fingerprint density at radius 1 is 0.711 bits per heavy atom. The molecule has 0 aliphatic rings. The number of rotatable bonds is 19. The van der Waals surface area contributed by atoms with Gasteiger partial charge in [-0.25, -0.2) is 4.79 Å². The number of carboxylic acid groups (broad SMARTS) is 1. The van der Waals surface area contributed by atoms with Crippen LogP contribution in [-0.4, -0.2) is 81.6 Å². The number of carbonyl (C=O) groups is 5. The summed E-state index contributed by atoms with van der Waals surface area (Å²) in [6, 6.07) is -0.825. The van der Waals surface area contributed by atoms with Gasteiger partial charge in [0, 0.05) is 18.6 Å². The number of carboxylic acids is 1. The van der Waals surface area contributed by atoms with Crippen molar-refractivity contribution in [2.75, 3.05) is 6.61 Å². The molecule has 0 aromatic heterocycles. The van der Waals surface area contributed by atoms with Crippen molar-refractivity contribution >= 4 is 35.3 Å². The number of aliphatic carboxylic acids is 1. The van der Waals surface area contributed by atoms with Crippen LogP contribution in [0.25, 0.3) is 0 Å². The Morgan fingerprint density at radius 3 is 1.60 bits per heavy atom. The van der Waals surface area contributed by atoms with Gasteiger partial charge in [-0.2, -0.15) is 0 Å². The standard InChI is InChI=1S/C30H48N6O9/c1-16(2)11-21(31)26(38)35-25(15-37)29(41)33-23(14-19-7-9-20(10-8-19)36(44)45)28(40)32-22(12-17(3)4)27(39)34-24(30(42)43)13-18(5)6/h7-10,16-18,21-25,37H,11-15,31H2,1-6H3,(H,32,40)(H,33,41)(H,34,39)(H,35,38)(H,42,43)/t21-,22-,23-,24-,25-/m0/s1. The van der Waals surface area contributed by atoms with E-state index < -0.39 is 71.3 Å². The van der Waals surface area contributed by atoms with Gasteiger partial charge in [0.2, 0.25) is 23.6 Å². The summed E-state index contributed by atoms with van der Waals surface area (Å²) >= 11 is 0. The molecule has 45 heavy (non-hydrogen) atoms. The average Bonchev–Trinajstić information content (AvgIpc) is 2.93. The minimum absolute atomic E-state index is 0.0364. The first kappa shape index (κ1) is 38.9. The summed E-state index contributed by atoms with van der Waals surface area (Å²) in [5.74, 6) is -4.36. The smallest absolute Gasteiger partial charge is 0.326 e. The zero-order valence-electron chi connectivity index (χ0n) is 26.7. The van der Waals surface area contributed by atoms with E-state index in [-0.39, 0.29) is 42.7 Å². The van der Waals surface area contributed by atoms with Crippen LogP contribution in [0.1, 0.15) is 66.4 Å². The van der Waals surface area contributed by atoms with Gasteiger partial charge >= 0.3 is 5.97 Å². The van der Waals surface area contributed by atoms with Crippen LogP contribution in [0.3, 0.4) is 0 Å². The highest BCUT2D eigenvalue weighted by atomic mass is 16.6. The van der Waals surface area contributed by atoms with Gasteiger partial charge in [-0.05, 0) is 42.6 Å². The van der Waals surface area contributed by atoms with E-state index in [1.807, 2.05) is 27.7 Å². The van der Waals surface area contributed by atoms with E-state index in [2.05, 4.69) is 21.3 Å². The molecule has 0 aliphatic heterocycles. The van der Waals surface area contributed by atoms with Crippen molar-refractivity contribution in [2.45, 2.75) is 97.4 Å². The lowest BCUT2D eigenvalue weighted by atomic mass is 9.99. The normalized spacial score (nSPS) is 14.6. The van der Waals surface area contributed by atoms with Crippen LogP contribution in [0, 0.1) is 27.9 Å². The summed E-state index contributed by atoms with van der Waals surface area (Å²) in [6.45, 7) is 10.2. The van der Waals surface area contributed by atoms with Crippen molar-refractivity contribution in [1.29, 1.82) is 0 Å². The monoisotopic (exact) mass is 636 g/mol. The van der Waals surface area contributed by atoms with Crippen molar-refractivity contribution in [2.24, 2.45) is 23.5 Å². The Kier molecular flexibility index (Phi) is 16.1. The summed E-state index contributed by atoms with van der Waals surface area (Å²) in [4.78, 5) is 74.8. The van der Waals surface area contributed by atoms with E-state index in [1.54, 1.807) is 13.8 Å². The molecule has 0 heterocycles. The molecule has 1 aromatic rings. The van der Waals surface area contributed by atoms with Gasteiger partial charge in [-0.3, -0.25) is 29.3 Å². The highest BCUT2D eigenvalue weighted by molar-refractivity contribution is 5.95. The molecule has 1 aromatic carbocycles. The Balaban J connectivity index is 3.29. The van der Waals surface area contributed by atoms with Crippen LogP contribution in [0.15, 0.2) is 24.3 Å². The van der Waals surface area contributed by atoms with Gasteiger partial charge in [-0.15, -0.1) is 0 Å². The molecule has 0 bridgehead atoms. The number of nitrogens with one attached hydrogen (secondary N) is 4. The first-order valence-electron chi connectivity index (χ1n) is 15.0. The third-order valence-electron chi connectivity index (χ3n) is 6.76. The van der Waals surface area contributed by atoms with Gasteiger partial charge in [0.25, 0.3) is 5.69 Å². The average molecular weight is 637 g/mol.